The van der Waals surface area contributed by atoms with Gasteiger partial charge in [0.1, 0.15) is 18.8 Å². The largest absolute Gasteiger partial charge is 0.463 e. The van der Waals surface area contributed by atoms with Gasteiger partial charge in [-0.3, -0.25) is 24.6 Å². The van der Waals surface area contributed by atoms with Crippen molar-refractivity contribution in [1.82, 2.24) is 5.32 Å². The highest BCUT2D eigenvalue weighted by Gasteiger charge is 2.52. The molecular formula is C16H21Cl3N2O9. The average molecular weight is 492 g/mol. The van der Waals surface area contributed by atoms with E-state index in [0.717, 1.165) is 27.7 Å². The highest BCUT2D eigenvalue weighted by molar-refractivity contribution is 6.76. The number of hydrogen-bond donors (Lipinski definition) is 2. The lowest BCUT2D eigenvalue weighted by Gasteiger charge is -2.44. The van der Waals surface area contributed by atoms with Crippen molar-refractivity contribution >= 4 is 64.5 Å². The number of alkyl halides is 3. The van der Waals surface area contributed by atoms with E-state index in [0.29, 0.717) is 0 Å². The van der Waals surface area contributed by atoms with Crippen molar-refractivity contribution < 1.29 is 42.9 Å². The van der Waals surface area contributed by atoms with Crippen molar-refractivity contribution in [3.63, 3.8) is 0 Å². The van der Waals surface area contributed by atoms with Gasteiger partial charge in [0.05, 0.1) is 0 Å². The van der Waals surface area contributed by atoms with Gasteiger partial charge >= 0.3 is 17.9 Å². The van der Waals surface area contributed by atoms with Crippen LogP contribution in [0.1, 0.15) is 27.7 Å². The standard InChI is InChI=1S/C16H21Cl3N2O9/c1-6(22)21-11-13(28-9(4)25)12(27-8(3)24)10(5-26-7(2)23)29-14(11)30-15(20)16(17,18)19/h10-14,20H,5H2,1-4H3,(H,21,22)/t10-,11-,12+,13-,14-/m1/s1. The van der Waals surface area contributed by atoms with Gasteiger partial charge in [0, 0.05) is 27.7 Å². The summed E-state index contributed by atoms with van der Waals surface area (Å²) in [7, 11) is 0. The normalized spacial score (nSPS) is 26.2. The van der Waals surface area contributed by atoms with E-state index in [4.69, 9.17) is 63.9 Å². The number of esters is 3. The maximum Gasteiger partial charge on any atom is 0.303 e. The minimum absolute atomic E-state index is 0.432. The van der Waals surface area contributed by atoms with E-state index in [1.807, 2.05) is 0 Å². The maximum atomic E-state index is 11.7. The number of hydrogen-bond acceptors (Lipinski definition) is 10. The van der Waals surface area contributed by atoms with Crippen molar-refractivity contribution in [2.24, 2.45) is 0 Å². The fourth-order valence-electron chi connectivity index (χ4n) is 2.57. The van der Waals surface area contributed by atoms with Gasteiger partial charge in [0.2, 0.25) is 18.1 Å². The van der Waals surface area contributed by atoms with E-state index in [1.54, 1.807) is 0 Å². The van der Waals surface area contributed by atoms with Crippen LogP contribution in [0.2, 0.25) is 0 Å². The second kappa shape index (κ2) is 11.0. The summed E-state index contributed by atoms with van der Waals surface area (Å²) in [5.41, 5.74) is 0. The van der Waals surface area contributed by atoms with E-state index in [1.165, 1.54) is 0 Å². The first-order valence-corrected chi connectivity index (χ1v) is 9.58. The SMILES string of the molecule is CC(=O)N[C@H]1[C@@H](OC(=N)C(Cl)(Cl)Cl)O[C@H](COC(C)=O)[C@H](OC(C)=O)[C@@H]1OC(C)=O. The molecule has 0 unspecified atom stereocenters. The fourth-order valence-corrected chi connectivity index (χ4v) is 2.71. The maximum absolute atomic E-state index is 11.7. The second-order valence-corrected chi connectivity index (χ2v) is 8.45. The zero-order valence-electron chi connectivity index (χ0n) is 16.4. The lowest BCUT2D eigenvalue weighted by molar-refractivity contribution is -0.260. The minimum atomic E-state index is -2.26. The third kappa shape index (κ3) is 8.13. The lowest BCUT2D eigenvalue weighted by atomic mass is 9.96. The molecule has 0 spiro atoms. The lowest BCUT2D eigenvalue weighted by Crippen LogP contribution is -2.67. The molecule has 14 heteroatoms. The van der Waals surface area contributed by atoms with Crippen molar-refractivity contribution in [3.05, 3.63) is 0 Å². The molecule has 0 aromatic carbocycles. The first kappa shape index (κ1) is 26.2. The van der Waals surface area contributed by atoms with Crippen molar-refractivity contribution in [2.75, 3.05) is 6.61 Å². The first-order valence-electron chi connectivity index (χ1n) is 8.45. The summed E-state index contributed by atoms with van der Waals surface area (Å²) in [6.07, 6.45) is -5.39. The summed E-state index contributed by atoms with van der Waals surface area (Å²) in [5, 5.41) is 10.2. The molecule has 5 atom stereocenters. The second-order valence-electron chi connectivity index (χ2n) is 6.16. The molecule has 1 heterocycles. The van der Waals surface area contributed by atoms with Crippen LogP contribution in [0, 0.1) is 5.41 Å². The molecule has 30 heavy (non-hydrogen) atoms. The van der Waals surface area contributed by atoms with Gasteiger partial charge in [-0.2, -0.15) is 0 Å². The number of nitrogens with one attached hydrogen (secondary N) is 2. The quantitative estimate of drug-likeness (QED) is 0.182. The Hall–Kier alpha value is -1.82. The molecule has 1 aliphatic rings. The molecule has 0 radical (unpaired) electrons. The highest BCUT2D eigenvalue weighted by atomic mass is 35.6. The topological polar surface area (TPSA) is 150 Å². The molecule has 1 saturated heterocycles. The van der Waals surface area contributed by atoms with Crippen molar-refractivity contribution in [2.45, 2.75) is 62.1 Å². The van der Waals surface area contributed by atoms with E-state index in [9.17, 15) is 19.2 Å². The number of carbonyl (C=O) groups excluding carboxylic acids is 4. The molecule has 0 bridgehead atoms. The molecule has 0 aromatic heterocycles. The van der Waals surface area contributed by atoms with Gasteiger partial charge in [-0.05, 0) is 0 Å². The molecule has 2 N–H and O–H groups in total. The van der Waals surface area contributed by atoms with Gasteiger partial charge in [-0.25, -0.2) is 0 Å². The number of ether oxygens (including phenoxy) is 5. The van der Waals surface area contributed by atoms with Crippen LogP contribution in [-0.4, -0.2) is 70.8 Å². The van der Waals surface area contributed by atoms with Crippen LogP contribution >= 0.6 is 34.8 Å². The Morgan fingerprint density at radius 3 is 1.90 bits per heavy atom. The summed E-state index contributed by atoms with van der Waals surface area (Å²) in [5.74, 6) is -3.65. The minimum Gasteiger partial charge on any atom is -0.463 e. The Kier molecular flexibility index (Phi) is 9.60. The smallest absolute Gasteiger partial charge is 0.303 e. The summed E-state index contributed by atoms with van der Waals surface area (Å²) in [4.78, 5) is 46.3. The summed E-state index contributed by atoms with van der Waals surface area (Å²) in [6.45, 7) is 4.06. The van der Waals surface area contributed by atoms with Gasteiger partial charge in [-0.15, -0.1) is 0 Å². The zero-order chi connectivity index (χ0) is 23.2. The third-order valence-corrected chi connectivity index (χ3v) is 4.08. The third-order valence-electron chi connectivity index (χ3n) is 3.56. The van der Waals surface area contributed by atoms with E-state index >= 15 is 0 Å². The molecule has 1 rings (SSSR count). The van der Waals surface area contributed by atoms with Crippen LogP contribution in [0.4, 0.5) is 0 Å². The number of halogens is 3. The number of rotatable bonds is 6. The van der Waals surface area contributed by atoms with Crippen molar-refractivity contribution in [1.29, 1.82) is 5.41 Å². The van der Waals surface area contributed by atoms with Gasteiger partial charge < -0.3 is 29.0 Å². The Morgan fingerprint density at radius 1 is 0.933 bits per heavy atom. The van der Waals surface area contributed by atoms with E-state index in [2.05, 4.69) is 5.32 Å². The van der Waals surface area contributed by atoms with Crippen LogP contribution in [0.15, 0.2) is 0 Å². The molecule has 0 aromatic rings. The molecule has 1 amide bonds. The van der Waals surface area contributed by atoms with Gasteiger partial charge in [0.25, 0.3) is 3.79 Å². The van der Waals surface area contributed by atoms with Gasteiger partial charge in [-0.1, -0.05) is 34.8 Å². The number of carbonyl (C=O) groups is 4. The Balaban J connectivity index is 3.37. The predicted molar refractivity (Wildman–Crippen MR) is 103 cm³/mol. The molecule has 0 saturated carbocycles. The van der Waals surface area contributed by atoms with Crippen LogP contribution in [-0.2, 0) is 42.9 Å². The van der Waals surface area contributed by atoms with E-state index in [-0.39, 0.29) is 0 Å². The predicted octanol–water partition coefficient (Wildman–Crippen LogP) is 1.01. The van der Waals surface area contributed by atoms with Crippen LogP contribution in [0.5, 0.6) is 0 Å². The molecule has 11 nitrogen and oxygen atoms in total. The Labute approximate surface area is 187 Å². The molecule has 1 aliphatic heterocycles. The highest BCUT2D eigenvalue weighted by Crippen LogP contribution is 2.32. The van der Waals surface area contributed by atoms with E-state index < -0.39 is 70.8 Å². The monoisotopic (exact) mass is 490 g/mol. The molecule has 1 fully saturated rings. The van der Waals surface area contributed by atoms with Crippen molar-refractivity contribution in [3.8, 4) is 0 Å². The van der Waals surface area contributed by atoms with Crippen LogP contribution < -0.4 is 5.32 Å². The average Bonchev–Trinajstić information content (AvgIpc) is 2.56. The summed E-state index contributed by atoms with van der Waals surface area (Å²) >= 11 is 16.9. The summed E-state index contributed by atoms with van der Waals surface area (Å²) in [6, 6.07) is -1.28. The number of amides is 1. The van der Waals surface area contributed by atoms with Crippen LogP contribution in [0.3, 0.4) is 0 Å². The first-order chi connectivity index (χ1) is 13.7. The zero-order valence-corrected chi connectivity index (χ0v) is 18.7. The molecule has 170 valence electrons. The Bertz CT molecular complexity index is 698. The van der Waals surface area contributed by atoms with Gasteiger partial charge in [0.15, 0.2) is 12.2 Å². The fraction of sp³-hybridized carbons (Fsp3) is 0.688. The molecular weight excluding hydrogens is 471 g/mol. The van der Waals surface area contributed by atoms with Crippen LogP contribution in [0.25, 0.3) is 0 Å². The molecule has 0 aliphatic carbocycles. The Morgan fingerprint density at radius 2 is 1.47 bits per heavy atom. The summed E-state index contributed by atoms with van der Waals surface area (Å²) < 4.78 is 24.0.